The highest BCUT2D eigenvalue weighted by atomic mass is 35.5. The molecular weight excluding hydrogens is 441 g/mol. The third-order valence-electron chi connectivity index (χ3n) is 4.50. The van der Waals surface area contributed by atoms with Gasteiger partial charge in [0.25, 0.3) is 5.91 Å². The van der Waals surface area contributed by atoms with Crippen molar-refractivity contribution in [2.45, 2.75) is 36.7 Å². The summed E-state index contributed by atoms with van der Waals surface area (Å²) >= 11 is 1.56. The van der Waals surface area contributed by atoms with Gasteiger partial charge in [-0.15, -0.1) is 24.8 Å². The number of aromatic amines is 1. The van der Waals surface area contributed by atoms with Crippen molar-refractivity contribution in [1.82, 2.24) is 20.5 Å². The third-order valence-corrected chi connectivity index (χ3v) is 5.45. The van der Waals surface area contributed by atoms with Crippen molar-refractivity contribution in [2.24, 2.45) is 5.73 Å². The Bertz CT molecular complexity index is 887. The van der Waals surface area contributed by atoms with Crippen molar-refractivity contribution in [3.63, 3.8) is 0 Å². The standard InChI is InChI=1S/C21H25N5OS.2ClH/c1-14(2)16-7-9-17(10-8-16)19(22)11-23-20(27)18-5-3-15(4-6-18)12-28-21-24-13-25-26-21;;/h3-10,13-14,19H,11-12,22H2,1-2H3,(H,23,27)(H,24,25,26);2*1H. The van der Waals surface area contributed by atoms with E-state index < -0.39 is 0 Å². The van der Waals surface area contributed by atoms with E-state index in [-0.39, 0.29) is 36.8 Å². The molecule has 0 aliphatic carbocycles. The third kappa shape index (κ3) is 7.32. The van der Waals surface area contributed by atoms with Gasteiger partial charge in [0.1, 0.15) is 6.33 Å². The highest BCUT2D eigenvalue weighted by molar-refractivity contribution is 7.98. The van der Waals surface area contributed by atoms with Crippen LogP contribution in [-0.4, -0.2) is 27.6 Å². The predicted molar refractivity (Wildman–Crippen MR) is 127 cm³/mol. The van der Waals surface area contributed by atoms with E-state index in [4.69, 9.17) is 5.73 Å². The van der Waals surface area contributed by atoms with Crippen molar-refractivity contribution in [1.29, 1.82) is 0 Å². The molecule has 3 rings (SSSR count). The van der Waals surface area contributed by atoms with Gasteiger partial charge in [-0.2, -0.15) is 5.10 Å². The molecule has 0 bridgehead atoms. The molecule has 0 saturated carbocycles. The Morgan fingerprint density at radius 1 is 1.07 bits per heavy atom. The van der Waals surface area contributed by atoms with Crippen LogP contribution in [0.25, 0.3) is 0 Å². The topological polar surface area (TPSA) is 96.7 Å². The number of aromatic nitrogens is 3. The Morgan fingerprint density at radius 2 is 1.70 bits per heavy atom. The van der Waals surface area contributed by atoms with Gasteiger partial charge in [-0.25, -0.2) is 4.98 Å². The number of benzene rings is 2. The molecule has 6 nitrogen and oxygen atoms in total. The first-order valence-electron chi connectivity index (χ1n) is 9.23. The minimum Gasteiger partial charge on any atom is -0.350 e. The highest BCUT2D eigenvalue weighted by Crippen LogP contribution is 2.19. The number of rotatable bonds is 8. The molecule has 0 spiro atoms. The lowest BCUT2D eigenvalue weighted by molar-refractivity contribution is 0.0951. The molecule has 0 aliphatic heterocycles. The van der Waals surface area contributed by atoms with Crippen LogP contribution in [0, 0.1) is 0 Å². The number of nitrogens with zero attached hydrogens (tertiary/aromatic N) is 2. The van der Waals surface area contributed by atoms with Crippen molar-refractivity contribution in [3.05, 3.63) is 77.1 Å². The Kier molecular flexibility index (Phi) is 10.9. The number of thioether (sulfide) groups is 1. The molecule has 4 N–H and O–H groups in total. The van der Waals surface area contributed by atoms with Crippen LogP contribution in [0.2, 0.25) is 0 Å². The Balaban J connectivity index is 0.00000225. The lowest BCUT2D eigenvalue weighted by atomic mass is 9.99. The molecule has 30 heavy (non-hydrogen) atoms. The van der Waals surface area contributed by atoms with Gasteiger partial charge in [-0.3, -0.25) is 9.89 Å². The number of H-pyrrole nitrogens is 1. The van der Waals surface area contributed by atoms with Gasteiger partial charge in [-0.1, -0.05) is 62.0 Å². The molecule has 0 fully saturated rings. The van der Waals surface area contributed by atoms with Crippen LogP contribution in [0.15, 0.2) is 60.0 Å². The molecular formula is C21H27Cl2N5OS. The zero-order valence-corrected chi connectivity index (χ0v) is 19.3. The summed E-state index contributed by atoms with van der Waals surface area (Å²) in [6.07, 6.45) is 1.49. The zero-order chi connectivity index (χ0) is 19.9. The lowest BCUT2D eigenvalue weighted by Gasteiger charge is -2.15. The molecule has 1 unspecified atom stereocenters. The molecule has 9 heteroatoms. The second-order valence-electron chi connectivity index (χ2n) is 6.91. The molecule has 1 amide bonds. The van der Waals surface area contributed by atoms with Crippen LogP contribution in [0.1, 0.15) is 52.9 Å². The Hall–Kier alpha value is -2.06. The predicted octanol–water partition coefficient (Wildman–Crippen LogP) is 4.49. The molecule has 0 radical (unpaired) electrons. The van der Waals surface area contributed by atoms with E-state index in [0.29, 0.717) is 18.0 Å². The van der Waals surface area contributed by atoms with Crippen LogP contribution in [0.4, 0.5) is 0 Å². The van der Waals surface area contributed by atoms with Crippen LogP contribution in [-0.2, 0) is 5.75 Å². The first kappa shape index (κ1) is 26.0. The van der Waals surface area contributed by atoms with Crippen LogP contribution in [0.3, 0.4) is 0 Å². The second-order valence-corrected chi connectivity index (χ2v) is 7.88. The van der Waals surface area contributed by atoms with Crippen molar-refractivity contribution in [2.75, 3.05) is 6.54 Å². The van der Waals surface area contributed by atoms with Gasteiger partial charge >= 0.3 is 0 Å². The number of hydrogen-bond donors (Lipinski definition) is 3. The fraction of sp³-hybridized carbons (Fsp3) is 0.286. The first-order valence-corrected chi connectivity index (χ1v) is 10.2. The van der Waals surface area contributed by atoms with E-state index in [0.717, 1.165) is 22.0 Å². The minimum absolute atomic E-state index is 0. The molecule has 0 aliphatic rings. The quantitative estimate of drug-likeness (QED) is 0.423. The summed E-state index contributed by atoms with van der Waals surface area (Å²) in [6.45, 7) is 4.71. The smallest absolute Gasteiger partial charge is 0.251 e. The average Bonchev–Trinajstić information content (AvgIpc) is 3.24. The van der Waals surface area contributed by atoms with Gasteiger partial charge in [0.2, 0.25) is 0 Å². The van der Waals surface area contributed by atoms with Crippen molar-refractivity contribution in [3.8, 4) is 0 Å². The van der Waals surface area contributed by atoms with E-state index in [1.54, 1.807) is 11.8 Å². The summed E-state index contributed by atoms with van der Waals surface area (Å²) in [5.41, 5.74) is 10.3. The van der Waals surface area contributed by atoms with E-state index >= 15 is 0 Å². The van der Waals surface area contributed by atoms with Crippen LogP contribution >= 0.6 is 36.6 Å². The minimum atomic E-state index is -0.234. The zero-order valence-electron chi connectivity index (χ0n) is 16.9. The fourth-order valence-corrected chi connectivity index (χ4v) is 3.45. The molecule has 1 aromatic heterocycles. The Morgan fingerprint density at radius 3 is 2.27 bits per heavy atom. The highest BCUT2D eigenvalue weighted by Gasteiger charge is 2.11. The van der Waals surface area contributed by atoms with Gasteiger partial charge < -0.3 is 11.1 Å². The van der Waals surface area contributed by atoms with Crippen molar-refractivity contribution >= 4 is 42.5 Å². The maximum atomic E-state index is 12.4. The number of carbonyl (C=O) groups is 1. The van der Waals surface area contributed by atoms with E-state index in [2.05, 4.69) is 46.5 Å². The summed E-state index contributed by atoms with van der Waals surface area (Å²) in [5, 5.41) is 10.3. The maximum absolute atomic E-state index is 12.4. The molecule has 1 heterocycles. The van der Waals surface area contributed by atoms with Crippen LogP contribution < -0.4 is 11.1 Å². The van der Waals surface area contributed by atoms with Gasteiger partial charge in [0.05, 0.1) is 0 Å². The summed E-state index contributed by atoms with van der Waals surface area (Å²) in [6, 6.07) is 15.6. The molecule has 3 aromatic rings. The number of amides is 1. The molecule has 1 atom stereocenters. The van der Waals surface area contributed by atoms with Gasteiger partial charge in [0.15, 0.2) is 5.16 Å². The van der Waals surface area contributed by atoms with Crippen molar-refractivity contribution < 1.29 is 4.79 Å². The maximum Gasteiger partial charge on any atom is 0.251 e. The van der Waals surface area contributed by atoms with Gasteiger partial charge in [-0.05, 0) is 34.7 Å². The van der Waals surface area contributed by atoms with E-state index in [9.17, 15) is 4.79 Å². The summed E-state index contributed by atoms with van der Waals surface area (Å²) in [4.78, 5) is 16.5. The molecule has 162 valence electrons. The number of hydrogen-bond acceptors (Lipinski definition) is 5. The van der Waals surface area contributed by atoms with E-state index in [1.165, 1.54) is 11.9 Å². The number of nitrogens with two attached hydrogens (primary N) is 1. The SMILES string of the molecule is CC(C)c1ccc(C(N)CNC(=O)c2ccc(CSc3ncn[nH]3)cc2)cc1.Cl.Cl. The molecule has 2 aromatic carbocycles. The van der Waals surface area contributed by atoms with E-state index in [1.807, 2.05) is 36.4 Å². The normalized spacial score (nSPS) is 11.3. The number of carbonyl (C=O) groups excluding carboxylic acids is 1. The average molecular weight is 468 g/mol. The number of halogens is 2. The summed E-state index contributed by atoms with van der Waals surface area (Å²) in [5.74, 6) is 1.12. The van der Waals surface area contributed by atoms with Crippen LogP contribution in [0.5, 0.6) is 0 Å². The van der Waals surface area contributed by atoms with Gasteiger partial charge in [0, 0.05) is 23.9 Å². The molecule has 0 saturated heterocycles. The monoisotopic (exact) mass is 467 g/mol. The first-order chi connectivity index (χ1) is 13.5. The Labute approximate surface area is 193 Å². The fourth-order valence-electron chi connectivity index (χ4n) is 2.72. The largest absolute Gasteiger partial charge is 0.350 e. The summed E-state index contributed by atoms with van der Waals surface area (Å²) < 4.78 is 0. The number of nitrogens with one attached hydrogen (secondary N) is 2. The second kappa shape index (κ2) is 12.6. The summed E-state index contributed by atoms with van der Waals surface area (Å²) in [7, 11) is 0. The lowest BCUT2D eigenvalue weighted by Crippen LogP contribution is -2.31.